The molecule has 2 aliphatic rings. The summed E-state index contributed by atoms with van der Waals surface area (Å²) < 4.78 is 2.27. The lowest BCUT2D eigenvalue weighted by Gasteiger charge is -2.28. The Morgan fingerprint density at radius 1 is 1.17 bits per heavy atom. The Kier molecular flexibility index (Phi) is 4.56. The third-order valence-corrected chi connectivity index (χ3v) is 5.62. The van der Waals surface area contributed by atoms with Crippen LogP contribution in [0, 0.1) is 5.92 Å². The van der Waals surface area contributed by atoms with Crippen LogP contribution in [0.4, 0.5) is 0 Å². The van der Waals surface area contributed by atoms with Crippen molar-refractivity contribution in [3.05, 3.63) is 36.5 Å². The van der Waals surface area contributed by atoms with Crippen LogP contribution in [0.2, 0.25) is 0 Å². The van der Waals surface area contributed by atoms with Gasteiger partial charge >= 0.3 is 0 Å². The van der Waals surface area contributed by atoms with Gasteiger partial charge in [-0.15, -0.1) is 0 Å². The maximum atomic E-state index is 12.2. The Balaban J connectivity index is 1.19. The van der Waals surface area contributed by atoms with Crippen LogP contribution < -0.4 is 10.6 Å². The molecule has 2 bridgehead atoms. The van der Waals surface area contributed by atoms with Crippen molar-refractivity contribution in [2.75, 3.05) is 6.54 Å². The average Bonchev–Trinajstić information content (AvgIpc) is 3.15. The summed E-state index contributed by atoms with van der Waals surface area (Å²) in [5.74, 6) is 0.816. The minimum atomic E-state index is 0.235. The predicted octanol–water partition coefficient (Wildman–Crippen LogP) is 3.07. The number of aromatic nitrogens is 1. The summed E-state index contributed by atoms with van der Waals surface area (Å²) in [6.07, 6.45) is 8.78. The van der Waals surface area contributed by atoms with Crippen LogP contribution in [-0.4, -0.2) is 29.1 Å². The van der Waals surface area contributed by atoms with Crippen LogP contribution in [0.5, 0.6) is 0 Å². The number of fused-ring (bicyclic) bond motifs is 3. The van der Waals surface area contributed by atoms with Gasteiger partial charge in [0.1, 0.15) is 0 Å². The third kappa shape index (κ3) is 3.48. The minimum absolute atomic E-state index is 0.235. The fourth-order valence-electron chi connectivity index (χ4n) is 4.49. The highest BCUT2D eigenvalue weighted by Crippen LogP contribution is 2.32. The van der Waals surface area contributed by atoms with E-state index in [0.29, 0.717) is 24.4 Å². The van der Waals surface area contributed by atoms with E-state index in [9.17, 15) is 4.79 Å². The van der Waals surface area contributed by atoms with E-state index >= 15 is 0 Å². The van der Waals surface area contributed by atoms with Gasteiger partial charge in [-0.05, 0) is 55.5 Å². The standard InChI is InChI=1S/C20H27N3O/c24-20(14-15-12-17-6-7-18(13-15)22-17)21-9-3-10-23-11-8-16-4-1-2-5-19(16)23/h1-2,4-5,8,11,15,17-18,22H,3,6-7,9-10,12-14H2,(H,21,24). The van der Waals surface area contributed by atoms with Crippen molar-refractivity contribution < 1.29 is 4.79 Å². The van der Waals surface area contributed by atoms with Crippen molar-refractivity contribution in [3.8, 4) is 0 Å². The summed E-state index contributed by atoms with van der Waals surface area (Å²) in [6, 6.07) is 11.9. The normalized spacial score (nSPS) is 25.9. The number of benzene rings is 1. The molecule has 4 heteroatoms. The zero-order chi connectivity index (χ0) is 16.4. The number of carbonyl (C=O) groups excluding carboxylic acids is 1. The van der Waals surface area contributed by atoms with Gasteiger partial charge in [0.2, 0.25) is 5.91 Å². The molecule has 0 aliphatic carbocycles. The maximum Gasteiger partial charge on any atom is 0.220 e. The molecule has 4 nitrogen and oxygen atoms in total. The molecule has 0 radical (unpaired) electrons. The van der Waals surface area contributed by atoms with Crippen LogP contribution in [0.1, 0.15) is 38.5 Å². The summed E-state index contributed by atoms with van der Waals surface area (Å²) in [4.78, 5) is 12.2. The molecule has 128 valence electrons. The van der Waals surface area contributed by atoms with Gasteiger partial charge in [-0.3, -0.25) is 4.79 Å². The van der Waals surface area contributed by atoms with E-state index in [4.69, 9.17) is 0 Å². The van der Waals surface area contributed by atoms with Gasteiger partial charge in [-0.1, -0.05) is 18.2 Å². The van der Waals surface area contributed by atoms with Gasteiger partial charge in [0.25, 0.3) is 0 Å². The van der Waals surface area contributed by atoms with E-state index < -0.39 is 0 Å². The van der Waals surface area contributed by atoms with Crippen LogP contribution >= 0.6 is 0 Å². The van der Waals surface area contributed by atoms with E-state index in [2.05, 4.69) is 51.7 Å². The van der Waals surface area contributed by atoms with Gasteiger partial charge in [0, 0.05) is 43.3 Å². The van der Waals surface area contributed by atoms with E-state index in [-0.39, 0.29) is 5.91 Å². The number of aryl methyl sites for hydroxylation is 1. The van der Waals surface area contributed by atoms with Crippen molar-refractivity contribution >= 4 is 16.8 Å². The number of hydrogen-bond acceptors (Lipinski definition) is 2. The van der Waals surface area contributed by atoms with E-state index in [0.717, 1.165) is 19.5 Å². The lowest BCUT2D eigenvalue weighted by atomic mass is 9.89. The molecule has 2 atom stereocenters. The summed E-state index contributed by atoms with van der Waals surface area (Å²) in [7, 11) is 0. The number of nitrogens with zero attached hydrogens (tertiary/aromatic N) is 1. The first-order chi connectivity index (χ1) is 11.8. The number of para-hydroxylation sites is 1. The van der Waals surface area contributed by atoms with E-state index in [1.54, 1.807) is 0 Å². The van der Waals surface area contributed by atoms with Crippen molar-refractivity contribution in [1.29, 1.82) is 0 Å². The Labute approximate surface area is 143 Å². The van der Waals surface area contributed by atoms with Crippen molar-refractivity contribution in [2.45, 2.75) is 57.2 Å². The molecule has 2 saturated heterocycles. The molecule has 4 rings (SSSR count). The first-order valence-electron chi connectivity index (χ1n) is 9.34. The van der Waals surface area contributed by atoms with Gasteiger partial charge in [-0.2, -0.15) is 0 Å². The van der Waals surface area contributed by atoms with Crippen LogP contribution in [0.25, 0.3) is 10.9 Å². The number of piperidine rings is 1. The van der Waals surface area contributed by atoms with Crippen LogP contribution in [-0.2, 0) is 11.3 Å². The van der Waals surface area contributed by atoms with E-state index in [1.165, 1.54) is 36.6 Å². The molecule has 1 amide bonds. The molecular formula is C20H27N3O. The Hall–Kier alpha value is -1.81. The molecule has 24 heavy (non-hydrogen) atoms. The monoisotopic (exact) mass is 325 g/mol. The second-order valence-corrected chi connectivity index (χ2v) is 7.45. The zero-order valence-electron chi connectivity index (χ0n) is 14.2. The first-order valence-corrected chi connectivity index (χ1v) is 9.34. The summed E-state index contributed by atoms with van der Waals surface area (Å²) in [5, 5.41) is 8.04. The topological polar surface area (TPSA) is 46.1 Å². The Bertz CT molecular complexity index is 696. The Morgan fingerprint density at radius 3 is 2.79 bits per heavy atom. The smallest absolute Gasteiger partial charge is 0.220 e. The predicted molar refractivity (Wildman–Crippen MR) is 96.9 cm³/mol. The second kappa shape index (κ2) is 6.98. The molecule has 0 saturated carbocycles. The summed E-state index contributed by atoms with van der Waals surface area (Å²) in [5.41, 5.74) is 1.27. The number of nitrogens with one attached hydrogen (secondary N) is 2. The second-order valence-electron chi connectivity index (χ2n) is 7.45. The molecule has 2 unspecified atom stereocenters. The summed E-state index contributed by atoms with van der Waals surface area (Å²) >= 11 is 0. The van der Waals surface area contributed by atoms with Crippen molar-refractivity contribution in [1.82, 2.24) is 15.2 Å². The number of carbonyl (C=O) groups is 1. The van der Waals surface area contributed by atoms with Gasteiger partial charge in [-0.25, -0.2) is 0 Å². The molecule has 2 aliphatic heterocycles. The van der Waals surface area contributed by atoms with E-state index in [1.807, 2.05) is 0 Å². The number of rotatable bonds is 6. The van der Waals surface area contributed by atoms with Crippen LogP contribution in [0.3, 0.4) is 0 Å². The molecule has 1 aromatic heterocycles. The lowest BCUT2D eigenvalue weighted by Crippen LogP contribution is -2.39. The van der Waals surface area contributed by atoms with Gasteiger partial charge in [0.05, 0.1) is 0 Å². The molecule has 3 heterocycles. The molecule has 0 spiro atoms. The van der Waals surface area contributed by atoms with Gasteiger partial charge < -0.3 is 15.2 Å². The molecule has 2 N–H and O–H groups in total. The lowest BCUT2D eigenvalue weighted by molar-refractivity contribution is -0.122. The molecule has 2 fully saturated rings. The molecular weight excluding hydrogens is 298 g/mol. The van der Waals surface area contributed by atoms with Gasteiger partial charge in [0.15, 0.2) is 0 Å². The van der Waals surface area contributed by atoms with Crippen molar-refractivity contribution in [2.24, 2.45) is 5.92 Å². The minimum Gasteiger partial charge on any atom is -0.356 e. The fraction of sp³-hybridized carbons (Fsp3) is 0.550. The average molecular weight is 325 g/mol. The highest BCUT2D eigenvalue weighted by Gasteiger charge is 2.33. The van der Waals surface area contributed by atoms with Crippen molar-refractivity contribution in [3.63, 3.8) is 0 Å². The largest absolute Gasteiger partial charge is 0.356 e. The summed E-state index contributed by atoms with van der Waals surface area (Å²) in [6.45, 7) is 1.72. The molecule has 2 aromatic rings. The molecule has 1 aromatic carbocycles. The quantitative estimate of drug-likeness (QED) is 0.802. The first kappa shape index (κ1) is 15.7. The highest BCUT2D eigenvalue weighted by atomic mass is 16.1. The fourth-order valence-corrected chi connectivity index (χ4v) is 4.49. The maximum absolute atomic E-state index is 12.2. The third-order valence-electron chi connectivity index (χ3n) is 5.62. The zero-order valence-corrected chi connectivity index (χ0v) is 14.2. The highest BCUT2D eigenvalue weighted by molar-refractivity contribution is 5.79. The SMILES string of the molecule is O=C(CC1CC2CCC(C1)N2)NCCCn1ccc2ccccc21. The van der Waals surface area contributed by atoms with Crippen LogP contribution in [0.15, 0.2) is 36.5 Å². The Morgan fingerprint density at radius 2 is 1.96 bits per heavy atom. The number of hydrogen-bond donors (Lipinski definition) is 2. The number of amides is 1.